The molecule has 0 atom stereocenters. The summed E-state index contributed by atoms with van der Waals surface area (Å²) in [6.45, 7) is 1.68. The molecule has 0 unspecified atom stereocenters. The Morgan fingerprint density at radius 3 is 2.20 bits per heavy atom. The second-order valence-corrected chi connectivity index (χ2v) is 6.15. The maximum absolute atomic E-state index is 12.3. The molecule has 0 saturated carbocycles. The first-order valence-electron chi connectivity index (χ1n) is 9.12. The van der Waals surface area contributed by atoms with E-state index in [-0.39, 0.29) is 35.3 Å². The van der Waals surface area contributed by atoms with Crippen molar-refractivity contribution in [2.24, 2.45) is 4.99 Å². The van der Waals surface area contributed by atoms with E-state index >= 15 is 0 Å². The highest BCUT2D eigenvalue weighted by atomic mass is 16.6. The molecule has 8 heteroatoms. The molecule has 30 heavy (non-hydrogen) atoms. The van der Waals surface area contributed by atoms with Gasteiger partial charge >= 0.3 is 11.9 Å². The van der Waals surface area contributed by atoms with Gasteiger partial charge in [0.25, 0.3) is 0 Å². The van der Waals surface area contributed by atoms with E-state index in [0.29, 0.717) is 16.9 Å². The summed E-state index contributed by atoms with van der Waals surface area (Å²) in [5.41, 5.74) is 1.32. The fraction of sp³-hybridized carbons (Fsp3) is 0.227. The summed E-state index contributed by atoms with van der Waals surface area (Å²) < 4.78 is 26.4. The minimum atomic E-state index is -0.583. The van der Waals surface area contributed by atoms with E-state index in [2.05, 4.69) is 4.99 Å². The maximum Gasteiger partial charge on any atom is 0.363 e. The molecule has 1 aliphatic heterocycles. The molecule has 1 aliphatic rings. The third kappa shape index (κ3) is 4.43. The first-order valence-corrected chi connectivity index (χ1v) is 9.12. The van der Waals surface area contributed by atoms with Gasteiger partial charge in [-0.1, -0.05) is 6.92 Å². The van der Waals surface area contributed by atoms with E-state index in [9.17, 15) is 9.59 Å². The van der Waals surface area contributed by atoms with Crippen molar-refractivity contribution in [3.05, 3.63) is 53.2 Å². The van der Waals surface area contributed by atoms with Crippen LogP contribution in [0.25, 0.3) is 6.08 Å². The Hall–Kier alpha value is -3.81. The number of esters is 2. The first kappa shape index (κ1) is 20.9. The quantitative estimate of drug-likeness (QED) is 0.392. The van der Waals surface area contributed by atoms with Crippen molar-refractivity contribution in [2.75, 3.05) is 21.3 Å². The fourth-order valence-electron chi connectivity index (χ4n) is 2.69. The number of hydrogen-bond acceptors (Lipinski definition) is 8. The summed E-state index contributed by atoms with van der Waals surface area (Å²) in [6, 6.07) is 10.2. The van der Waals surface area contributed by atoms with Gasteiger partial charge in [0.2, 0.25) is 11.6 Å². The summed E-state index contributed by atoms with van der Waals surface area (Å²) in [5, 5.41) is 0. The molecule has 0 aliphatic carbocycles. The topological polar surface area (TPSA) is 92.7 Å². The fourth-order valence-corrected chi connectivity index (χ4v) is 2.69. The third-order valence-electron chi connectivity index (χ3n) is 4.25. The largest absolute Gasteiger partial charge is 0.497 e. The van der Waals surface area contributed by atoms with Crippen molar-refractivity contribution in [3.63, 3.8) is 0 Å². The predicted octanol–water partition coefficient (Wildman–Crippen LogP) is 3.37. The van der Waals surface area contributed by atoms with Crippen LogP contribution in [-0.4, -0.2) is 39.2 Å². The number of benzene rings is 2. The number of nitrogens with zero attached hydrogens (tertiary/aromatic N) is 1. The van der Waals surface area contributed by atoms with Crippen LogP contribution in [0.15, 0.2) is 47.1 Å². The summed E-state index contributed by atoms with van der Waals surface area (Å²) >= 11 is 0. The van der Waals surface area contributed by atoms with Gasteiger partial charge in [-0.15, -0.1) is 0 Å². The number of ether oxygens (including phenoxy) is 5. The van der Waals surface area contributed by atoms with Gasteiger partial charge in [0.1, 0.15) is 5.75 Å². The number of rotatable bonds is 7. The second-order valence-electron chi connectivity index (χ2n) is 6.15. The summed E-state index contributed by atoms with van der Waals surface area (Å²) in [6.07, 6.45) is 1.74. The lowest BCUT2D eigenvalue weighted by Crippen LogP contribution is -2.08. The van der Waals surface area contributed by atoms with Crippen LogP contribution in [0.1, 0.15) is 24.5 Å². The van der Waals surface area contributed by atoms with Gasteiger partial charge in [0, 0.05) is 12.0 Å². The molecule has 0 bridgehead atoms. The van der Waals surface area contributed by atoms with E-state index in [0.717, 1.165) is 0 Å². The zero-order chi connectivity index (χ0) is 21.7. The van der Waals surface area contributed by atoms with Crippen LogP contribution in [0.5, 0.6) is 23.0 Å². The van der Waals surface area contributed by atoms with Crippen molar-refractivity contribution in [1.82, 2.24) is 0 Å². The van der Waals surface area contributed by atoms with Gasteiger partial charge in [-0.25, -0.2) is 9.79 Å². The first-order chi connectivity index (χ1) is 14.5. The Balaban J connectivity index is 1.95. The molecule has 0 spiro atoms. The lowest BCUT2D eigenvalue weighted by atomic mass is 10.1. The zero-order valence-electron chi connectivity index (χ0n) is 17.1. The number of hydrogen-bond donors (Lipinski definition) is 0. The van der Waals surface area contributed by atoms with Crippen LogP contribution >= 0.6 is 0 Å². The second kappa shape index (κ2) is 9.13. The Kier molecular flexibility index (Phi) is 6.36. The monoisotopic (exact) mass is 411 g/mol. The van der Waals surface area contributed by atoms with Crippen molar-refractivity contribution in [2.45, 2.75) is 13.3 Å². The average molecular weight is 411 g/mol. The molecule has 156 valence electrons. The van der Waals surface area contributed by atoms with E-state index < -0.39 is 11.9 Å². The van der Waals surface area contributed by atoms with Crippen LogP contribution in [0.4, 0.5) is 0 Å². The lowest BCUT2D eigenvalue weighted by molar-refractivity contribution is -0.134. The summed E-state index contributed by atoms with van der Waals surface area (Å²) in [7, 11) is 4.46. The molecule has 0 fully saturated rings. The zero-order valence-corrected chi connectivity index (χ0v) is 17.1. The van der Waals surface area contributed by atoms with Gasteiger partial charge in [0.15, 0.2) is 17.2 Å². The minimum Gasteiger partial charge on any atom is -0.497 e. The molecule has 0 saturated heterocycles. The molecular formula is C22H21NO7. The molecule has 2 aromatic rings. The Morgan fingerprint density at radius 2 is 1.67 bits per heavy atom. The van der Waals surface area contributed by atoms with E-state index in [1.165, 1.54) is 20.3 Å². The SMILES string of the molecule is CCC(=O)Oc1c(OC)cc(/C=C2/N=C(c3ccc(OC)cc3)OC2=O)cc1OC. The number of methoxy groups -OCH3 is 3. The highest BCUT2D eigenvalue weighted by Gasteiger charge is 2.25. The Morgan fingerprint density at radius 1 is 1.03 bits per heavy atom. The normalized spacial score (nSPS) is 14.2. The highest BCUT2D eigenvalue weighted by Crippen LogP contribution is 2.39. The van der Waals surface area contributed by atoms with Crippen molar-refractivity contribution in [1.29, 1.82) is 0 Å². The number of carbonyl (C=O) groups excluding carboxylic acids is 2. The van der Waals surface area contributed by atoms with E-state index in [1.54, 1.807) is 50.4 Å². The van der Waals surface area contributed by atoms with Crippen LogP contribution < -0.4 is 18.9 Å². The Bertz CT molecular complexity index is 997. The molecule has 3 rings (SSSR count). The third-order valence-corrected chi connectivity index (χ3v) is 4.25. The number of cyclic esters (lactones) is 1. The smallest absolute Gasteiger partial charge is 0.363 e. The van der Waals surface area contributed by atoms with Gasteiger partial charge in [-0.05, 0) is 48.0 Å². The Labute approximate surface area is 173 Å². The van der Waals surface area contributed by atoms with Gasteiger partial charge in [-0.3, -0.25) is 4.79 Å². The van der Waals surface area contributed by atoms with Gasteiger partial charge < -0.3 is 23.7 Å². The molecule has 0 N–H and O–H groups in total. The summed E-state index contributed by atoms with van der Waals surface area (Å²) in [4.78, 5) is 28.3. The number of aliphatic imine (C=N–C) groups is 1. The minimum absolute atomic E-state index is 0.114. The molecular weight excluding hydrogens is 390 g/mol. The molecule has 2 aromatic carbocycles. The lowest BCUT2D eigenvalue weighted by Gasteiger charge is -2.13. The molecule has 0 radical (unpaired) electrons. The predicted molar refractivity (Wildman–Crippen MR) is 109 cm³/mol. The van der Waals surface area contributed by atoms with Crippen LogP contribution in [0.3, 0.4) is 0 Å². The maximum atomic E-state index is 12.3. The van der Waals surface area contributed by atoms with Crippen LogP contribution in [0.2, 0.25) is 0 Å². The summed E-state index contributed by atoms with van der Waals surface area (Å²) in [5.74, 6) is 0.614. The molecule has 0 amide bonds. The van der Waals surface area contributed by atoms with Gasteiger partial charge in [0.05, 0.1) is 21.3 Å². The molecule has 0 aromatic heterocycles. The van der Waals surface area contributed by atoms with Gasteiger partial charge in [-0.2, -0.15) is 0 Å². The van der Waals surface area contributed by atoms with E-state index in [1.807, 2.05) is 0 Å². The van der Waals surface area contributed by atoms with Crippen LogP contribution in [-0.2, 0) is 14.3 Å². The van der Waals surface area contributed by atoms with E-state index in [4.69, 9.17) is 23.7 Å². The molecule has 8 nitrogen and oxygen atoms in total. The van der Waals surface area contributed by atoms with Crippen LogP contribution in [0, 0.1) is 0 Å². The standard InChI is InChI=1S/C22H21NO7/c1-5-19(24)29-20-17(27-3)11-13(12-18(20)28-4)10-16-22(25)30-21(23-16)14-6-8-15(26-2)9-7-14/h6-12H,5H2,1-4H3/b16-10+. The van der Waals surface area contributed by atoms with Crippen molar-refractivity contribution >= 4 is 23.9 Å². The van der Waals surface area contributed by atoms with Crippen molar-refractivity contribution in [3.8, 4) is 23.0 Å². The van der Waals surface area contributed by atoms with Crippen molar-refractivity contribution < 1.29 is 33.3 Å². The average Bonchev–Trinajstić information content (AvgIpc) is 3.14. The molecule has 1 heterocycles. The number of carbonyl (C=O) groups is 2. The highest BCUT2D eigenvalue weighted by molar-refractivity contribution is 6.12.